The van der Waals surface area contributed by atoms with Crippen molar-refractivity contribution in [2.75, 3.05) is 14.2 Å². The Labute approximate surface area is 95.6 Å². The molecule has 0 aliphatic rings. The summed E-state index contributed by atoms with van der Waals surface area (Å²) < 4.78 is 34.3. The Balaban J connectivity index is 3.50. The lowest BCUT2D eigenvalue weighted by Crippen LogP contribution is -2.10. The van der Waals surface area contributed by atoms with Crippen LogP contribution in [0.4, 0.5) is 8.78 Å². The number of rotatable bonds is 3. The van der Waals surface area contributed by atoms with Crippen molar-refractivity contribution in [3.05, 3.63) is 23.0 Å². The van der Waals surface area contributed by atoms with Crippen molar-refractivity contribution in [1.82, 2.24) is 4.98 Å². The maximum atomic E-state index is 12.6. The van der Waals surface area contributed by atoms with Crippen molar-refractivity contribution in [2.24, 2.45) is 0 Å². The molecule has 5 nitrogen and oxygen atoms in total. The maximum absolute atomic E-state index is 12.6. The molecule has 90 valence electrons. The average molecular weight is 242 g/mol. The van der Waals surface area contributed by atoms with Gasteiger partial charge in [-0.3, -0.25) is 0 Å². The average Bonchev–Trinajstić information content (AvgIpc) is 2.35. The van der Waals surface area contributed by atoms with Gasteiger partial charge in [-0.25, -0.2) is 18.6 Å². The van der Waals surface area contributed by atoms with Gasteiger partial charge >= 0.3 is 5.97 Å². The normalized spacial score (nSPS) is 9.88. The monoisotopic (exact) mass is 242 g/mol. The Hall–Kier alpha value is -2.23. The number of carbonyl (C=O) groups excluding carboxylic acids is 1. The van der Waals surface area contributed by atoms with Crippen molar-refractivity contribution in [3.8, 4) is 11.8 Å². The molecular formula is C10H8F2N2O3. The van der Waals surface area contributed by atoms with Crippen LogP contribution in [-0.4, -0.2) is 25.2 Å². The van der Waals surface area contributed by atoms with Gasteiger partial charge in [0.2, 0.25) is 0 Å². The van der Waals surface area contributed by atoms with Gasteiger partial charge in [0.25, 0.3) is 6.43 Å². The van der Waals surface area contributed by atoms with Crippen LogP contribution in [-0.2, 0) is 4.74 Å². The minimum absolute atomic E-state index is 0.351. The molecule has 1 aromatic rings. The van der Waals surface area contributed by atoms with Crippen LogP contribution in [0.25, 0.3) is 0 Å². The second kappa shape index (κ2) is 5.21. The summed E-state index contributed by atoms with van der Waals surface area (Å²) in [6, 6.07) is 1.60. The van der Waals surface area contributed by atoms with E-state index >= 15 is 0 Å². The molecule has 0 saturated heterocycles. The molecule has 0 aromatic carbocycles. The molecule has 0 radical (unpaired) electrons. The van der Waals surface area contributed by atoms with Gasteiger partial charge in [0, 0.05) is 6.20 Å². The smallest absolute Gasteiger partial charge is 0.358 e. The minimum Gasteiger partial charge on any atom is -0.495 e. The van der Waals surface area contributed by atoms with E-state index in [0.717, 1.165) is 20.4 Å². The third-order valence-electron chi connectivity index (χ3n) is 1.99. The Morgan fingerprint density at radius 1 is 1.53 bits per heavy atom. The molecule has 1 rings (SSSR count). The molecule has 0 spiro atoms. The fourth-order valence-corrected chi connectivity index (χ4v) is 1.24. The third-order valence-corrected chi connectivity index (χ3v) is 1.99. The number of hydrogen-bond acceptors (Lipinski definition) is 5. The van der Waals surface area contributed by atoms with E-state index in [9.17, 15) is 13.6 Å². The summed E-state index contributed by atoms with van der Waals surface area (Å²) >= 11 is 0. The first-order valence-electron chi connectivity index (χ1n) is 4.40. The topological polar surface area (TPSA) is 72.2 Å². The van der Waals surface area contributed by atoms with Crippen LogP contribution in [0.3, 0.4) is 0 Å². The molecule has 17 heavy (non-hydrogen) atoms. The molecule has 0 N–H and O–H groups in total. The summed E-state index contributed by atoms with van der Waals surface area (Å²) in [6.07, 6.45) is -2.06. The van der Waals surface area contributed by atoms with Crippen LogP contribution in [0.2, 0.25) is 0 Å². The zero-order valence-electron chi connectivity index (χ0n) is 9.03. The van der Waals surface area contributed by atoms with Crippen LogP contribution in [0.5, 0.6) is 5.75 Å². The number of nitriles is 1. The van der Waals surface area contributed by atoms with E-state index in [-0.39, 0.29) is 17.0 Å². The molecule has 0 aliphatic heterocycles. The number of esters is 1. The highest BCUT2D eigenvalue weighted by molar-refractivity contribution is 5.91. The van der Waals surface area contributed by atoms with Crippen molar-refractivity contribution < 1.29 is 23.0 Å². The van der Waals surface area contributed by atoms with Crippen LogP contribution in [0, 0.1) is 11.3 Å². The number of nitrogens with zero attached hydrogens (tertiary/aromatic N) is 2. The number of alkyl halides is 2. The molecule has 0 fully saturated rings. The lowest BCUT2D eigenvalue weighted by Gasteiger charge is -2.10. The maximum Gasteiger partial charge on any atom is 0.358 e. The standard InChI is InChI=1S/C10H8F2N2O3/c1-16-8-5(3-13)7(10(15)17-2)14-4-6(8)9(11)12/h4,9H,1-2H3. The molecule has 0 atom stereocenters. The third kappa shape index (κ3) is 2.30. The molecule has 0 amide bonds. The number of hydrogen-bond donors (Lipinski definition) is 0. The summed E-state index contributed by atoms with van der Waals surface area (Å²) in [6.45, 7) is 0. The molecule has 1 aromatic heterocycles. The highest BCUT2D eigenvalue weighted by Crippen LogP contribution is 2.32. The summed E-state index contributed by atoms with van der Waals surface area (Å²) in [5, 5.41) is 8.86. The predicted molar refractivity (Wildman–Crippen MR) is 51.8 cm³/mol. The largest absolute Gasteiger partial charge is 0.495 e. The molecule has 0 unspecified atom stereocenters. The first-order valence-corrected chi connectivity index (χ1v) is 4.40. The fraction of sp³-hybridized carbons (Fsp3) is 0.300. The molecule has 0 aliphatic carbocycles. The van der Waals surface area contributed by atoms with Crippen molar-refractivity contribution in [3.63, 3.8) is 0 Å². The quantitative estimate of drug-likeness (QED) is 0.754. The van der Waals surface area contributed by atoms with Gasteiger partial charge in [0.1, 0.15) is 17.4 Å². The van der Waals surface area contributed by atoms with Gasteiger partial charge in [-0.2, -0.15) is 5.26 Å². The highest BCUT2D eigenvalue weighted by Gasteiger charge is 2.24. The lowest BCUT2D eigenvalue weighted by atomic mass is 10.1. The number of halogens is 2. The molecular weight excluding hydrogens is 234 g/mol. The van der Waals surface area contributed by atoms with Crippen LogP contribution in [0.1, 0.15) is 28.0 Å². The highest BCUT2D eigenvalue weighted by atomic mass is 19.3. The van der Waals surface area contributed by atoms with Gasteiger partial charge in [-0.15, -0.1) is 0 Å². The molecule has 1 heterocycles. The van der Waals surface area contributed by atoms with Crippen molar-refractivity contribution in [1.29, 1.82) is 5.26 Å². The van der Waals surface area contributed by atoms with Gasteiger partial charge < -0.3 is 9.47 Å². The molecule has 7 heteroatoms. The van der Waals surface area contributed by atoms with Crippen molar-refractivity contribution >= 4 is 5.97 Å². The second-order valence-electron chi connectivity index (χ2n) is 2.87. The van der Waals surface area contributed by atoms with Crippen LogP contribution >= 0.6 is 0 Å². The number of ether oxygens (including phenoxy) is 2. The first kappa shape index (κ1) is 12.8. The Morgan fingerprint density at radius 2 is 2.18 bits per heavy atom. The zero-order valence-corrected chi connectivity index (χ0v) is 9.03. The van der Waals surface area contributed by atoms with E-state index in [2.05, 4.69) is 9.72 Å². The summed E-state index contributed by atoms with van der Waals surface area (Å²) in [7, 11) is 2.22. The summed E-state index contributed by atoms with van der Waals surface area (Å²) in [5.41, 5.74) is -1.26. The SMILES string of the molecule is COC(=O)c1ncc(C(F)F)c(OC)c1C#N. The van der Waals surface area contributed by atoms with Crippen molar-refractivity contribution in [2.45, 2.75) is 6.43 Å². The predicted octanol–water partition coefficient (Wildman–Crippen LogP) is 1.69. The Kier molecular flexibility index (Phi) is 3.93. The van der Waals surface area contributed by atoms with Crippen LogP contribution < -0.4 is 4.74 Å². The van der Waals surface area contributed by atoms with E-state index in [4.69, 9.17) is 10.00 Å². The van der Waals surface area contributed by atoms with Gasteiger partial charge in [0.15, 0.2) is 5.69 Å². The Morgan fingerprint density at radius 3 is 2.59 bits per heavy atom. The zero-order chi connectivity index (χ0) is 13.0. The Bertz CT molecular complexity index is 483. The number of aromatic nitrogens is 1. The van der Waals surface area contributed by atoms with E-state index in [1.54, 1.807) is 6.07 Å². The first-order chi connectivity index (χ1) is 8.06. The lowest BCUT2D eigenvalue weighted by molar-refractivity contribution is 0.0592. The summed E-state index contributed by atoms with van der Waals surface area (Å²) in [5.74, 6) is -1.25. The van der Waals surface area contributed by atoms with E-state index in [0.29, 0.717) is 0 Å². The van der Waals surface area contributed by atoms with Gasteiger partial charge in [0.05, 0.1) is 19.8 Å². The fourth-order valence-electron chi connectivity index (χ4n) is 1.24. The van der Waals surface area contributed by atoms with Gasteiger partial charge in [-0.05, 0) is 0 Å². The minimum atomic E-state index is -2.85. The number of methoxy groups -OCH3 is 2. The number of carbonyl (C=O) groups is 1. The van der Waals surface area contributed by atoms with E-state index < -0.39 is 18.0 Å². The van der Waals surface area contributed by atoms with E-state index in [1.807, 2.05) is 0 Å². The molecule has 0 bridgehead atoms. The van der Waals surface area contributed by atoms with Crippen LogP contribution in [0.15, 0.2) is 6.20 Å². The molecule has 0 saturated carbocycles. The van der Waals surface area contributed by atoms with Gasteiger partial charge in [-0.1, -0.05) is 0 Å². The number of pyridine rings is 1. The second-order valence-corrected chi connectivity index (χ2v) is 2.87. The van der Waals surface area contributed by atoms with E-state index in [1.165, 1.54) is 0 Å². The summed E-state index contributed by atoms with van der Waals surface area (Å²) in [4.78, 5) is 14.8.